The Morgan fingerprint density at radius 1 is 0.956 bits per heavy atom. The number of alkyl halides is 3. The van der Waals surface area contributed by atoms with Gasteiger partial charge >= 0.3 is 18.3 Å². The summed E-state index contributed by atoms with van der Waals surface area (Å²) in [4.78, 5) is 39.4. The van der Waals surface area contributed by atoms with Gasteiger partial charge in [0.25, 0.3) is 5.91 Å². The van der Waals surface area contributed by atoms with Crippen molar-refractivity contribution < 1.29 is 37.0 Å². The van der Waals surface area contributed by atoms with Gasteiger partial charge in [-0.25, -0.2) is 4.79 Å². The van der Waals surface area contributed by atoms with E-state index in [-0.39, 0.29) is 36.7 Å². The topological polar surface area (TPSA) is 128 Å². The maximum atomic E-state index is 12.8. The molecule has 2 amide bonds. The summed E-state index contributed by atoms with van der Waals surface area (Å²) in [5.41, 5.74) is 2.02. The van der Waals surface area contributed by atoms with Crippen molar-refractivity contribution in [2.24, 2.45) is 0 Å². The van der Waals surface area contributed by atoms with E-state index >= 15 is 0 Å². The van der Waals surface area contributed by atoms with E-state index in [1.54, 1.807) is 43.0 Å². The number of hydrogen-bond donors (Lipinski definition) is 2. The SMILES string of the molecule is CC(C)OC(=O)N1CCCCOc2ccc(cc2)CNc2nc(nc(OCC(F)(F)F)n2)Cc2ccc(cc2)C(=O)NCCC1. The zero-order valence-electron chi connectivity index (χ0n) is 25.2. The summed E-state index contributed by atoms with van der Waals surface area (Å²) in [6, 6.07) is 13.6. The maximum Gasteiger partial charge on any atom is 0.422 e. The Morgan fingerprint density at radius 3 is 2.38 bits per heavy atom. The first-order valence-corrected chi connectivity index (χ1v) is 14.8. The summed E-state index contributed by atoms with van der Waals surface area (Å²) in [5.74, 6) is 0.649. The fourth-order valence-corrected chi connectivity index (χ4v) is 4.35. The normalized spacial score (nSPS) is 15.3. The molecule has 4 heterocycles. The van der Waals surface area contributed by atoms with Crippen molar-refractivity contribution in [3.8, 4) is 11.8 Å². The van der Waals surface area contributed by atoms with Crippen molar-refractivity contribution >= 4 is 17.9 Å². The predicted molar refractivity (Wildman–Crippen MR) is 159 cm³/mol. The van der Waals surface area contributed by atoms with Crippen LogP contribution in [0.15, 0.2) is 48.5 Å². The summed E-state index contributed by atoms with van der Waals surface area (Å²) < 4.78 is 54.5. The van der Waals surface area contributed by atoms with Gasteiger partial charge in [-0.3, -0.25) is 4.79 Å². The fourth-order valence-electron chi connectivity index (χ4n) is 4.35. The lowest BCUT2D eigenvalue weighted by Gasteiger charge is -2.23. The van der Waals surface area contributed by atoms with Crippen molar-refractivity contribution in [3.63, 3.8) is 0 Å². The van der Waals surface area contributed by atoms with Gasteiger partial charge in [-0.2, -0.15) is 28.1 Å². The van der Waals surface area contributed by atoms with Crippen LogP contribution in [0.4, 0.5) is 23.9 Å². The lowest BCUT2D eigenvalue weighted by molar-refractivity contribution is -0.154. The largest absolute Gasteiger partial charge is 0.494 e. The number of ether oxygens (including phenoxy) is 3. The first-order chi connectivity index (χ1) is 21.5. The van der Waals surface area contributed by atoms with Crippen molar-refractivity contribution in [1.29, 1.82) is 0 Å². The highest BCUT2D eigenvalue weighted by Crippen LogP contribution is 2.19. The maximum absolute atomic E-state index is 12.8. The molecular formula is C31H37F3N6O5. The molecule has 2 N–H and O–H groups in total. The second-order valence-electron chi connectivity index (χ2n) is 10.7. The number of fused-ring (bicyclic) bond motifs is 2. The Kier molecular flexibility index (Phi) is 11.8. The van der Waals surface area contributed by atoms with Crippen molar-refractivity contribution in [3.05, 3.63) is 71.0 Å². The van der Waals surface area contributed by atoms with Crippen molar-refractivity contribution in [1.82, 2.24) is 25.2 Å². The van der Waals surface area contributed by atoms with Crippen molar-refractivity contribution in [2.45, 2.75) is 58.4 Å². The highest BCUT2D eigenvalue weighted by Gasteiger charge is 2.29. The third-order valence-electron chi connectivity index (χ3n) is 6.55. The molecule has 1 aromatic heterocycles. The highest BCUT2D eigenvalue weighted by molar-refractivity contribution is 5.94. The Balaban J connectivity index is 1.51. The molecule has 0 saturated carbocycles. The van der Waals surface area contributed by atoms with Crippen LogP contribution in [-0.4, -0.2) is 77.0 Å². The van der Waals surface area contributed by atoms with E-state index in [9.17, 15) is 22.8 Å². The van der Waals surface area contributed by atoms with Gasteiger partial charge in [-0.15, -0.1) is 0 Å². The molecule has 0 radical (unpaired) electrons. The summed E-state index contributed by atoms with van der Waals surface area (Å²) in [7, 11) is 0. The van der Waals surface area contributed by atoms with Crippen LogP contribution < -0.4 is 20.1 Å². The molecule has 0 atom stereocenters. The monoisotopic (exact) mass is 630 g/mol. The fraction of sp³-hybridized carbons (Fsp3) is 0.452. The van der Waals surface area contributed by atoms with Crippen LogP contribution >= 0.6 is 0 Å². The third kappa shape index (κ3) is 11.4. The number of nitrogens with zero attached hydrogens (tertiary/aromatic N) is 4. The minimum absolute atomic E-state index is 0.0605. The highest BCUT2D eigenvalue weighted by atomic mass is 19.4. The number of aromatic nitrogens is 3. The zero-order chi connectivity index (χ0) is 32.2. The van der Waals surface area contributed by atoms with E-state index < -0.39 is 24.9 Å². The minimum atomic E-state index is -4.56. The van der Waals surface area contributed by atoms with E-state index in [1.165, 1.54) is 0 Å². The molecule has 2 aromatic carbocycles. The number of amides is 2. The van der Waals surface area contributed by atoms with Crippen LogP contribution in [0, 0.1) is 0 Å². The van der Waals surface area contributed by atoms with Gasteiger partial charge in [0.2, 0.25) is 5.95 Å². The van der Waals surface area contributed by atoms with E-state index in [1.807, 2.05) is 24.3 Å². The molecule has 0 unspecified atom stereocenters. The molecule has 0 spiro atoms. The molecule has 6 rings (SSSR count). The molecule has 0 saturated heterocycles. The lowest BCUT2D eigenvalue weighted by Crippen LogP contribution is -2.36. The Morgan fingerprint density at radius 2 is 1.67 bits per heavy atom. The molecule has 0 fully saturated rings. The van der Waals surface area contributed by atoms with Crippen LogP contribution in [0.25, 0.3) is 0 Å². The number of hydrogen-bond acceptors (Lipinski definition) is 9. The summed E-state index contributed by atoms with van der Waals surface area (Å²) in [5, 5.41) is 5.88. The number of rotatable bonds is 3. The summed E-state index contributed by atoms with van der Waals surface area (Å²) >= 11 is 0. The van der Waals surface area contributed by atoms with Crippen LogP contribution in [0.1, 0.15) is 60.4 Å². The molecule has 6 bridgehead atoms. The van der Waals surface area contributed by atoms with Gasteiger partial charge < -0.3 is 29.7 Å². The zero-order valence-corrected chi connectivity index (χ0v) is 25.2. The molecular weight excluding hydrogens is 593 g/mol. The first-order valence-electron chi connectivity index (χ1n) is 14.8. The number of anilines is 1. The van der Waals surface area contributed by atoms with Gasteiger partial charge in [-0.1, -0.05) is 24.3 Å². The third-order valence-corrected chi connectivity index (χ3v) is 6.55. The number of nitrogens with one attached hydrogen (secondary N) is 2. The molecule has 11 nitrogen and oxygen atoms in total. The van der Waals surface area contributed by atoms with E-state index in [2.05, 4.69) is 25.6 Å². The predicted octanol–water partition coefficient (Wildman–Crippen LogP) is 5.16. The molecule has 0 aliphatic carbocycles. The van der Waals surface area contributed by atoms with Gasteiger partial charge in [0, 0.05) is 38.2 Å². The van der Waals surface area contributed by atoms with Crippen LogP contribution in [0.2, 0.25) is 0 Å². The average molecular weight is 631 g/mol. The van der Waals surface area contributed by atoms with E-state index in [4.69, 9.17) is 14.2 Å². The molecule has 14 heteroatoms. The number of carbonyl (C=O) groups excluding carboxylic acids is 2. The first kappa shape index (κ1) is 33.3. The van der Waals surface area contributed by atoms with Crippen LogP contribution in [0.3, 0.4) is 0 Å². The number of halogens is 3. The van der Waals surface area contributed by atoms with Gasteiger partial charge in [-0.05, 0) is 68.5 Å². The Hall–Kier alpha value is -4.62. The second kappa shape index (κ2) is 15.9. The number of carbonyl (C=O) groups is 2. The molecule has 242 valence electrons. The standard InChI is InChI=1S/C31H37F3N6O5/c1-21(2)45-30(42)40-15-3-4-17-43-25-12-8-23(9-13-25)19-36-28-37-26(38-29(39-28)44-20-31(32,33)34)18-22-6-10-24(11-7-22)27(41)35-14-5-16-40/h6-13,21H,3-5,14-20H2,1-2H3,(H,35,41)(H,36,37,38,39). The van der Waals surface area contributed by atoms with E-state index in [0.717, 1.165) is 11.1 Å². The molecule has 3 aromatic rings. The van der Waals surface area contributed by atoms with Crippen LogP contribution in [0.5, 0.6) is 11.8 Å². The quantitative estimate of drug-likeness (QED) is 0.404. The minimum Gasteiger partial charge on any atom is -0.494 e. The van der Waals surface area contributed by atoms with E-state index in [0.29, 0.717) is 56.8 Å². The lowest BCUT2D eigenvalue weighted by atomic mass is 10.1. The van der Waals surface area contributed by atoms with Crippen molar-refractivity contribution in [2.75, 3.05) is 38.2 Å². The molecule has 45 heavy (non-hydrogen) atoms. The molecule has 3 aliphatic heterocycles. The average Bonchev–Trinajstić information content (AvgIpc) is 2.99. The molecule has 3 aliphatic rings. The number of benzene rings is 2. The van der Waals surface area contributed by atoms with Gasteiger partial charge in [0.15, 0.2) is 6.61 Å². The Bertz CT molecular complexity index is 1400. The Labute approximate surface area is 259 Å². The van der Waals surface area contributed by atoms with Crippen LogP contribution in [-0.2, 0) is 17.7 Å². The smallest absolute Gasteiger partial charge is 0.422 e. The second-order valence-corrected chi connectivity index (χ2v) is 10.7. The summed E-state index contributed by atoms with van der Waals surface area (Å²) in [6.45, 7) is 4.06. The van der Waals surface area contributed by atoms with Gasteiger partial charge in [0.1, 0.15) is 11.6 Å². The summed E-state index contributed by atoms with van der Waals surface area (Å²) in [6.07, 6.45) is -3.08. The van der Waals surface area contributed by atoms with Gasteiger partial charge in [0.05, 0.1) is 12.7 Å².